The summed E-state index contributed by atoms with van der Waals surface area (Å²) in [6, 6.07) is 0. The van der Waals surface area contributed by atoms with Gasteiger partial charge in [0.1, 0.15) is 0 Å². The second-order valence-electron chi connectivity index (χ2n) is 3.22. The van der Waals surface area contributed by atoms with Crippen LogP contribution in [0.2, 0.25) is 0 Å². The van der Waals surface area contributed by atoms with Gasteiger partial charge in [0, 0.05) is 0 Å². The predicted octanol–water partition coefficient (Wildman–Crippen LogP) is 2.71. The number of ether oxygens (including phenoxy) is 3. The summed E-state index contributed by atoms with van der Waals surface area (Å²) in [5.41, 5.74) is 0. The van der Waals surface area contributed by atoms with Crippen LogP contribution >= 0.6 is 0 Å². The Morgan fingerprint density at radius 2 is 1.22 bits per heavy atom. The third kappa shape index (κ3) is 17.1. The fourth-order valence-electron chi connectivity index (χ4n) is 0.841. The molecule has 0 atom stereocenters. The SMILES string of the molecule is CCCNCCC.CCOC(=O)OC(=O)OCC. The number of nitrogens with one attached hydrogen (secondary N) is 1. The number of carbonyl (C=O) groups excluding carboxylic acids is 2. The van der Waals surface area contributed by atoms with E-state index in [1.54, 1.807) is 13.8 Å². The van der Waals surface area contributed by atoms with Crippen LogP contribution in [0.1, 0.15) is 40.5 Å². The van der Waals surface area contributed by atoms with Crippen LogP contribution in [0.15, 0.2) is 0 Å². The van der Waals surface area contributed by atoms with Gasteiger partial charge in [0.25, 0.3) is 0 Å². The van der Waals surface area contributed by atoms with E-state index in [1.165, 1.54) is 25.9 Å². The van der Waals surface area contributed by atoms with Gasteiger partial charge in [-0.05, 0) is 39.8 Å². The maximum absolute atomic E-state index is 10.4. The third-order valence-corrected chi connectivity index (χ3v) is 1.54. The molecule has 0 heterocycles. The standard InChI is InChI=1S/C6H15N.C6H10O5/c1-3-5-7-6-4-2;1-3-9-5(7)11-6(8)10-4-2/h7H,3-6H2,1-2H3;3-4H2,1-2H3. The fraction of sp³-hybridized carbons (Fsp3) is 0.833. The van der Waals surface area contributed by atoms with Crippen molar-refractivity contribution in [3.63, 3.8) is 0 Å². The normalized spacial score (nSPS) is 8.89. The minimum absolute atomic E-state index is 0.165. The fourth-order valence-corrected chi connectivity index (χ4v) is 0.841. The summed E-state index contributed by atoms with van der Waals surface area (Å²) in [6.07, 6.45) is 0.428. The number of hydrogen-bond acceptors (Lipinski definition) is 6. The van der Waals surface area contributed by atoms with Gasteiger partial charge >= 0.3 is 12.3 Å². The minimum Gasteiger partial charge on any atom is -0.434 e. The second-order valence-corrected chi connectivity index (χ2v) is 3.22. The quantitative estimate of drug-likeness (QED) is 0.451. The van der Waals surface area contributed by atoms with Gasteiger partial charge in [-0.15, -0.1) is 0 Å². The number of rotatable bonds is 6. The highest BCUT2D eigenvalue weighted by Crippen LogP contribution is 1.89. The number of hydrogen-bond donors (Lipinski definition) is 1. The molecule has 0 aliphatic rings. The molecule has 0 fully saturated rings. The van der Waals surface area contributed by atoms with Crippen molar-refractivity contribution in [3.8, 4) is 0 Å². The lowest BCUT2D eigenvalue weighted by Crippen LogP contribution is -2.14. The molecule has 18 heavy (non-hydrogen) atoms. The first-order valence-corrected chi connectivity index (χ1v) is 6.34. The summed E-state index contributed by atoms with van der Waals surface area (Å²) in [4.78, 5) is 20.8. The summed E-state index contributed by atoms with van der Waals surface area (Å²) < 4.78 is 12.6. The van der Waals surface area contributed by atoms with Crippen molar-refractivity contribution in [1.29, 1.82) is 0 Å². The van der Waals surface area contributed by atoms with Gasteiger partial charge < -0.3 is 19.5 Å². The van der Waals surface area contributed by atoms with Crippen molar-refractivity contribution in [2.75, 3.05) is 26.3 Å². The Bertz CT molecular complexity index is 189. The van der Waals surface area contributed by atoms with Crippen molar-refractivity contribution in [3.05, 3.63) is 0 Å². The van der Waals surface area contributed by atoms with Gasteiger partial charge in [-0.1, -0.05) is 13.8 Å². The molecular weight excluding hydrogens is 238 g/mol. The van der Waals surface area contributed by atoms with Gasteiger partial charge in [-0.2, -0.15) is 0 Å². The molecule has 0 rings (SSSR count). The lowest BCUT2D eigenvalue weighted by molar-refractivity contribution is 0.0409. The summed E-state index contributed by atoms with van der Waals surface area (Å²) in [5.74, 6) is 0. The first-order chi connectivity index (χ1) is 8.62. The van der Waals surface area contributed by atoms with Crippen LogP contribution in [-0.4, -0.2) is 38.6 Å². The summed E-state index contributed by atoms with van der Waals surface area (Å²) in [6.45, 7) is 10.3. The maximum Gasteiger partial charge on any atom is 0.518 e. The Morgan fingerprint density at radius 3 is 1.50 bits per heavy atom. The van der Waals surface area contributed by atoms with E-state index in [0.29, 0.717) is 0 Å². The Hall–Kier alpha value is -1.30. The van der Waals surface area contributed by atoms with E-state index >= 15 is 0 Å². The highest BCUT2D eigenvalue weighted by molar-refractivity contribution is 5.76. The van der Waals surface area contributed by atoms with Gasteiger partial charge in [-0.25, -0.2) is 9.59 Å². The van der Waals surface area contributed by atoms with Crippen LogP contribution < -0.4 is 5.32 Å². The number of carbonyl (C=O) groups is 2. The zero-order valence-electron chi connectivity index (χ0n) is 11.8. The topological polar surface area (TPSA) is 73.9 Å². The van der Waals surface area contributed by atoms with Crippen molar-refractivity contribution < 1.29 is 23.8 Å². The van der Waals surface area contributed by atoms with E-state index in [4.69, 9.17) is 0 Å². The van der Waals surface area contributed by atoms with Crippen LogP contribution in [-0.2, 0) is 14.2 Å². The van der Waals surface area contributed by atoms with E-state index in [0.717, 1.165) is 0 Å². The van der Waals surface area contributed by atoms with Crippen LogP contribution in [0.3, 0.4) is 0 Å². The van der Waals surface area contributed by atoms with Crippen LogP contribution in [0, 0.1) is 0 Å². The van der Waals surface area contributed by atoms with Crippen molar-refractivity contribution in [2.45, 2.75) is 40.5 Å². The summed E-state index contributed by atoms with van der Waals surface area (Å²) >= 11 is 0. The highest BCUT2D eigenvalue weighted by Gasteiger charge is 2.10. The molecule has 0 amide bonds. The average molecular weight is 263 g/mol. The molecule has 0 aromatic carbocycles. The largest absolute Gasteiger partial charge is 0.518 e. The molecule has 0 bridgehead atoms. The predicted molar refractivity (Wildman–Crippen MR) is 68.6 cm³/mol. The molecule has 0 saturated carbocycles. The van der Waals surface area contributed by atoms with Crippen LogP contribution in [0.4, 0.5) is 9.59 Å². The molecule has 1 N–H and O–H groups in total. The molecule has 6 heteroatoms. The summed E-state index contributed by atoms with van der Waals surface area (Å²) in [7, 11) is 0. The van der Waals surface area contributed by atoms with Gasteiger partial charge in [0.2, 0.25) is 0 Å². The van der Waals surface area contributed by atoms with E-state index in [9.17, 15) is 9.59 Å². The second kappa shape index (κ2) is 15.7. The molecule has 0 aromatic rings. The van der Waals surface area contributed by atoms with E-state index in [-0.39, 0.29) is 13.2 Å². The average Bonchev–Trinajstić information content (AvgIpc) is 2.31. The zero-order chi connectivity index (χ0) is 14.2. The Labute approximate surface area is 109 Å². The Balaban J connectivity index is 0. The van der Waals surface area contributed by atoms with Crippen molar-refractivity contribution in [2.24, 2.45) is 0 Å². The Kier molecular flexibility index (Phi) is 16.6. The van der Waals surface area contributed by atoms with E-state index < -0.39 is 12.3 Å². The third-order valence-electron chi connectivity index (χ3n) is 1.54. The smallest absolute Gasteiger partial charge is 0.434 e. The van der Waals surface area contributed by atoms with Gasteiger partial charge in [0.15, 0.2) is 0 Å². The van der Waals surface area contributed by atoms with Crippen molar-refractivity contribution >= 4 is 12.3 Å². The molecule has 0 aliphatic carbocycles. The molecular formula is C12H25NO5. The van der Waals surface area contributed by atoms with Crippen molar-refractivity contribution in [1.82, 2.24) is 5.32 Å². The lowest BCUT2D eigenvalue weighted by atomic mass is 10.4. The highest BCUT2D eigenvalue weighted by atomic mass is 16.8. The van der Waals surface area contributed by atoms with Crippen LogP contribution in [0.5, 0.6) is 0 Å². The van der Waals surface area contributed by atoms with Gasteiger partial charge in [-0.3, -0.25) is 0 Å². The minimum atomic E-state index is -1.04. The monoisotopic (exact) mass is 263 g/mol. The van der Waals surface area contributed by atoms with E-state index in [2.05, 4.69) is 33.4 Å². The maximum atomic E-state index is 10.4. The molecule has 0 unspecified atom stereocenters. The molecule has 108 valence electrons. The van der Waals surface area contributed by atoms with Gasteiger partial charge in [0.05, 0.1) is 13.2 Å². The molecule has 0 spiro atoms. The molecule has 0 saturated heterocycles. The Morgan fingerprint density at radius 1 is 0.833 bits per heavy atom. The van der Waals surface area contributed by atoms with E-state index in [1.807, 2.05) is 0 Å². The van der Waals surface area contributed by atoms with Crippen LogP contribution in [0.25, 0.3) is 0 Å². The molecule has 0 radical (unpaired) electrons. The molecule has 0 aromatic heterocycles. The first kappa shape index (κ1) is 19.0. The lowest BCUT2D eigenvalue weighted by Gasteiger charge is -2.01. The summed E-state index contributed by atoms with van der Waals surface area (Å²) in [5, 5.41) is 3.28. The first-order valence-electron chi connectivity index (χ1n) is 6.34. The molecule has 0 aliphatic heterocycles. The molecule has 6 nitrogen and oxygen atoms in total. The zero-order valence-corrected chi connectivity index (χ0v) is 11.8.